The SMILES string of the molecule is C/C(Cl)=C\Cn1c(NN)nc2c1c(=O)[nH]c(=O)n2C. The highest BCUT2D eigenvalue weighted by Crippen LogP contribution is 2.15. The summed E-state index contributed by atoms with van der Waals surface area (Å²) in [5, 5.41) is 0.575. The zero-order valence-corrected chi connectivity index (χ0v) is 11.2. The van der Waals surface area contributed by atoms with Crippen molar-refractivity contribution < 1.29 is 0 Å². The van der Waals surface area contributed by atoms with Gasteiger partial charge in [-0.2, -0.15) is 4.98 Å². The van der Waals surface area contributed by atoms with Gasteiger partial charge in [-0.05, 0) is 6.92 Å². The molecule has 0 fully saturated rings. The third-order valence-electron chi connectivity index (χ3n) is 2.69. The van der Waals surface area contributed by atoms with Gasteiger partial charge in [0.15, 0.2) is 11.2 Å². The van der Waals surface area contributed by atoms with E-state index in [1.807, 2.05) is 0 Å². The van der Waals surface area contributed by atoms with E-state index in [0.29, 0.717) is 11.6 Å². The largest absolute Gasteiger partial charge is 0.329 e. The fourth-order valence-electron chi connectivity index (χ4n) is 1.74. The Morgan fingerprint density at radius 1 is 1.58 bits per heavy atom. The first-order valence-electron chi connectivity index (χ1n) is 5.44. The second-order valence-electron chi connectivity index (χ2n) is 3.97. The van der Waals surface area contributed by atoms with E-state index in [9.17, 15) is 9.59 Å². The Hall–Kier alpha value is -2.06. The Labute approximate surface area is 112 Å². The fourth-order valence-corrected chi connectivity index (χ4v) is 1.81. The van der Waals surface area contributed by atoms with Crippen molar-refractivity contribution in [2.75, 3.05) is 5.43 Å². The van der Waals surface area contributed by atoms with Gasteiger partial charge in [0, 0.05) is 18.6 Å². The standard InChI is InChI=1S/C10H13ClN6O2/c1-5(11)3-4-17-6-7(13-9(17)15-12)16(2)10(19)14-8(6)18/h3H,4,12H2,1-2H3,(H,13,15)(H,14,18,19)/b5-3+. The van der Waals surface area contributed by atoms with E-state index in [2.05, 4.69) is 15.4 Å². The Morgan fingerprint density at radius 3 is 2.84 bits per heavy atom. The molecule has 2 aromatic rings. The molecule has 8 nitrogen and oxygen atoms in total. The number of anilines is 1. The number of nitrogens with two attached hydrogens (primary N) is 1. The molecule has 0 aliphatic carbocycles. The first-order valence-corrected chi connectivity index (χ1v) is 5.82. The van der Waals surface area contributed by atoms with Gasteiger partial charge >= 0.3 is 5.69 Å². The van der Waals surface area contributed by atoms with Crippen molar-refractivity contribution in [3.63, 3.8) is 0 Å². The number of nitrogen functional groups attached to an aromatic ring is 1. The van der Waals surface area contributed by atoms with E-state index in [4.69, 9.17) is 17.4 Å². The summed E-state index contributed by atoms with van der Waals surface area (Å²) in [5.74, 6) is 5.65. The Morgan fingerprint density at radius 2 is 2.26 bits per heavy atom. The lowest BCUT2D eigenvalue weighted by atomic mass is 10.4. The van der Waals surface area contributed by atoms with Crippen LogP contribution >= 0.6 is 11.6 Å². The number of aromatic amines is 1. The summed E-state index contributed by atoms with van der Waals surface area (Å²) in [6, 6.07) is 0. The average Bonchev–Trinajstić information content (AvgIpc) is 2.72. The molecule has 2 rings (SSSR count). The molecule has 102 valence electrons. The lowest BCUT2D eigenvalue weighted by Crippen LogP contribution is -2.29. The topological polar surface area (TPSA) is 111 Å². The number of allylic oxidation sites excluding steroid dienone is 2. The number of nitrogens with one attached hydrogen (secondary N) is 2. The zero-order chi connectivity index (χ0) is 14.2. The quantitative estimate of drug-likeness (QED) is 0.536. The molecule has 9 heteroatoms. The molecule has 0 spiro atoms. The van der Waals surface area contributed by atoms with Crippen LogP contribution < -0.4 is 22.5 Å². The number of imidazole rings is 1. The van der Waals surface area contributed by atoms with Crippen molar-refractivity contribution in [2.24, 2.45) is 12.9 Å². The first-order chi connectivity index (χ1) is 8.95. The number of aromatic nitrogens is 4. The highest BCUT2D eigenvalue weighted by Gasteiger charge is 2.15. The van der Waals surface area contributed by atoms with E-state index in [-0.39, 0.29) is 17.1 Å². The molecular weight excluding hydrogens is 272 g/mol. The van der Waals surface area contributed by atoms with Gasteiger partial charge in [0.05, 0.1) is 0 Å². The monoisotopic (exact) mass is 284 g/mol. The van der Waals surface area contributed by atoms with Crippen molar-refractivity contribution in [1.82, 2.24) is 19.1 Å². The number of hydrazine groups is 1. The summed E-state index contributed by atoms with van der Waals surface area (Å²) < 4.78 is 2.78. The van der Waals surface area contributed by atoms with Gasteiger partial charge in [-0.3, -0.25) is 24.3 Å². The summed E-state index contributed by atoms with van der Waals surface area (Å²) in [7, 11) is 1.51. The van der Waals surface area contributed by atoms with Crippen LogP contribution in [0.1, 0.15) is 6.92 Å². The molecule has 0 unspecified atom stereocenters. The van der Waals surface area contributed by atoms with Crippen molar-refractivity contribution >= 4 is 28.7 Å². The van der Waals surface area contributed by atoms with Crippen molar-refractivity contribution in [3.8, 4) is 0 Å². The van der Waals surface area contributed by atoms with Gasteiger partial charge < -0.3 is 0 Å². The number of halogens is 1. The number of hydrogen-bond donors (Lipinski definition) is 3. The number of aryl methyl sites for hydroxylation is 1. The molecule has 19 heavy (non-hydrogen) atoms. The smallest absolute Gasteiger partial charge is 0.299 e. The first kappa shape index (κ1) is 13.4. The van der Waals surface area contributed by atoms with Crippen LogP contribution in [0.25, 0.3) is 11.2 Å². The van der Waals surface area contributed by atoms with Gasteiger partial charge in [-0.15, -0.1) is 0 Å². The molecule has 0 aliphatic rings. The number of nitrogens with zero attached hydrogens (tertiary/aromatic N) is 3. The predicted molar refractivity (Wildman–Crippen MR) is 73.0 cm³/mol. The van der Waals surface area contributed by atoms with Crippen LogP contribution in [0.15, 0.2) is 20.7 Å². The minimum absolute atomic E-state index is 0.252. The molecule has 0 atom stereocenters. The lowest BCUT2D eigenvalue weighted by molar-refractivity contribution is 0.818. The van der Waals surface area contributed by atoms with E-state index < -0.39 is 11.2 Å². The van der Waals surface area contributed by atoms with E-state index in [0.717, 1.165) is 0 Å². The molecular formula is C10H13ClN6O2. The molecule has 0 aromatic carbocycles. The average molecular weight is 285 g/mol. The van der Waals surface area contributed by atoms with Crippen LogP contribution in [0, 0.1) is 0 Å². The Balaban J connectivity index is 2.81. The van der Waals surface area contributed by atoms with Crippen molar-refractivity contribution in [1.29, 1.82) is 0 Å². The molecule has 4 N–H and O–H groups in total. The highest BCUT2D eigenvalue weighted by molar-refractivity contribution is 6.29. The minimum atomic E-state index is -0.533. The molecule has 2 heterocycles. The van der Waals surface area contributed by atoms with Gasteiger partial charge in [-0.25, -0.2) is 10.6 Å². The van der Waals surface area contributed by atoms with Crippen LogP contribution in [0.3, 0.4) is 0 Å². The van der Waals surface area contributed by atoms with E-state index in [1.54, 1.807) is 17.6 Å². The third-order valence-corrected chi connectivity index (χ3v) is 2.85. The number of hydrogen-bond acceptors (Lipinski definition) is 5. The minimum Gasteiger partial charge on any atom is -0.299 e. The normalized spacial score (nSPS) is 12.1. The molecule has 0 radical (unpaired) electrons. The fraction of sp³-hybridized carbons (Fsp3) is 0.300. The summed E-state index contributed by atoms with van der Waals surface area (Å²) in [5.41, 5.74) is 1.85. The second kappa shape index (κ2) is 4.90. The van der Waals surface area contributed by atoms with Crippen molar-refractivity contribution in [2.45, 2.75) is 13.5 Å². The predicted octanol–water partition coefficient (Wildman–Crippen LogP) is -0.149. The summed E-state index contributed by atoms with van der Waals surface area (Å²) in [6.07, 6.45) is 1.70. The van der Waals surface area contributed by atoms with Gasteiger partial charge in [-0.1, -0.05) is 17.7 Å². The highest BCUT2D eigenvalue weighted by atomic mass is 35.5. The third kappa shape index (κ3) is 2.27. The number of H-pyrrole nitrogens is 1. The van der Waals surface area contributed by atoms with Gasteiger partial charge in [0.1, 0.15) is 0 Å². The maximum absolute atomic E-state index is 11.9. The van der Waals surface area contributed by atoms with Crippen LogP contribution in [0.2, 0.25) is 0 Å². The molecule has 0 saturated carbocycles. The zero-order valence-electron chi connectivity index (χ0n) is 10.4. The maximum Gasteiger partial charge on any atom is 0.329 e. The Bertz CT molecular complexity index is 765. The van der Waals surface area contributed by atoms with Crippen LogP contribution in [-0.4, -0.2) is 19.1 Å². The summed E-state index contributed by atoms with van der Waals surface area (Å²) in [6.45, 7) is 2.03. The molecule has 0 bridgehead atoms. The molecule has 0 saturated heterocycles. The lowest BCUT2D eigenvalue weighted by Gasteiger charge is -2.04. The van der Waals surface area contributed by atoms with Crippen LogP contribution in [0.5, 0.6) is 0 Å². The summed E-state index contributed by atoms with van der Waals surface area (Å²) >= 11 is 5.77. The number of fused-ring (bicyclic) bond motifs is 1. The summed E-state index contributed by atoms with van der Waals surface area (Å²) in [4.78, 5) is 29.7. The van der Waals surface area contributed by atoms with E-state index in [1.165, 1.54) is 11.6 Å². The molecule has 0 amide bonds. The number of rotatable bonds is 3. The maximum atomic E-state index is 11.9. The van der Waals surface area contributed by atoms with Crippen molar-refractivity contribution in [3.05, 3.63) is 31.9 Å². The van der Waals surface area contributed by atoms with Gasteiger partial charge in [0.2, 0.25) is 5.95 Å². The van der Waals surface area contributed by atoms with Crippen LogP contribution in [-0.2, 0) is 13.6 Å². The molecule has 0 aliphatic heterocycles. The van der Waals surface area contributed by atoms with Gasteiger partial charge in [0.25, 0.3) is 5.56 Å². The molecule has 2 aromatic heterocycles. The Kier molecular flexibility index (Phi) is 3.45. The van der Waals surface area contributed by atoms with Crippen LogP contribution in [0.4, 0.5) is 5.95 Å². The second-order valence-corrected chi connectivity index (χ2v) is 4.57. The van der Waals surface area contributed by atoms with E-state index >= 15 is 0 Å².